The van der Waals surface area contributed by atoms with Crippen LogP contribution in [0.4, 0.5) is 5.00 Å². The molecule has 4 atom stereocenters. The van der Waals surface area contributed by atoms with Gasteiger partial charge in [-0.25, -0.2) is 0 Å². The van der Waals surface area contributed by atoms with Gasteiger partial charge in [0.2, 0.25) is 5.91 Å². The summed E-state index contributed by atoms with van der Waals surface area (Å²) >= 11 is 1.45. The van der Waals surface area contributed by atoms with Crippen molar-refractivity contribution in [3.63, 3.8) is 0 Å². The molecule has 5 rings (SSSR count). The highest BCUT2D eigenvalue weighted by Gasteiger charge is 2.51. The molecule has 31 heavy (non-hydrogen) atoms. The van der Waals surface area contributed by atoms with E-state index >= 15 is 0 Å². The lowest BCUT2D eigenvalue weighted by Gasteiger charge is -2.23. The van der Waals surface area contributed by atoms with Crippen LogP contribution in [0.2, 0.25) is 0 Å². The third kappa shape index (κ3) is 3.59. The number of hydrogen-bond acceptors (Lipinski definition) is 5. The normalized spacial score (nSPS) is 25.9. The number of amides is 2. The van der Waals surface area contributed by atoms with Crippen LogP contribution in [-0.2, 0) is 29.0 Å². The number of rotatable bonds is 6. The highest BCUT2D eigenvalue weighted by molar-refractivity contribution is 7.17. The number of carboxylic acid groups (broad SMARTS) is 1. The summed E-state index contributed by atoms with van der Waals surface area (Å²) in [5, 5.41) is 16.0. The van der Waals surface area contributed by atoms with Crippen molar-refractivity contribution in [3.05, 3.63) is 52.3 Å². The van der Waals surface area contributed by atoms with Crippen molar-refractivity contribution < 1.29 is 23.9 Å². The molecular formula is C23H24N2O5S. The maximum absolute atomic E-state index is 13.2. The monoisotopic (exact) mass is 440 g/mol. The molecule has 2 heterocycles. The van der Waals surface area contributed by atoms with Gasteiger partial charge in [0.05, 0.1) is 30.2 Å². The molecule has 3 N–H and O–H groups in total. The van der Waals surface area contributed by atoms with E-state index in [1.807, 2.05) is 12.2 Å². The minimum Gasteiger partial charge on any atom is -0.481 e. The average molecular weight is 441 g/mol. The second-order valence-corrected chi connectivity index (χ2v) is 9.61. The van der Waals surface area contributed by atoms with Gasteiger partial charge in [0, 0.05) is 4.88 Å². The third-order valence-electron chi connectivity index (χ3n) is 6.69. The third-order valence-corrected chi connectivity index (χ3v) is 7.89. The lowest BCUT2D eigenvalue weighted by molar-refractivity contribution is -0.146. The maximum Gasteiger partial charge on any atom is 0.307 e. The number of carboxylic acids is 1. The summed E-state index contributed by atoms with van der Waals surface area (Å²) in [6.45, 7) is 0.266. The van der Waals surface area contributed by atoms with E-state index in [9.17, 15) is 19.5 Å². The summed E-state index contributed by atoms with van der Waals surface area (Å²) < 4.78 is 5.29. The number of aryl methyl sites for hydroxylation is 1. The van der Waals surface area contributed by atoms with Gasteiger partial charge in [-0.15, -0.1) is 11.3 Å². The van der Waals surface area contributed by atoms with E-state index in [0.717, 1.165) is 36.1 Å². The molecular weight excluding hydrogens is 416 g/mol. The second-order valence-electron chi connectivity index (χ2n) is 8.50. The topological polar surface area (TPSA) is 109 Å². The fraction of sp³-hybridized carbons (Fsp3) is 0.435. The standard InChI is InChI=1S/C23H24N2O5S/c26-20(24-11-14-4-3-9-30-14)19-15-5-1-2-6-16(15)31-22(19)25-21(27)17-12-7-8-13(10-12)18(17)23(28)29/h3-4,7-9,12-13,17-18H,1-2,5-6,10-11H2,(H,24,26)(H,25,27)(H,28,29)/t12-,13-,17+,18-/m0/s1. The Balaban J connectivity index is 1.40. The molecule has 0 aliphatic heterocycles. The Labute approximate surface area is 183 Å². The lowest BCUT2D eigenvalue weighted by Crippen LogP contribution is -2.36. The van der Waals surface area contributed by atoms with Gasteiger partial charge in [-0.1, -0.05) is 12.2 Å². The second kappa shape index (κ2) is 8.00. The number of furan rings is 1. The molecule has 3 aliphatic carbocycles. The first-order chi connectivity index (χ1) is 15.0. The number of hydrogen-bond donors (Lipinski definition) is 3. The summed E-state index contributed by atoms with van der Waals surface area (Å²) in [4.78, 5) is 39.2. The van der Waals surface area contributed by atoms with Gasteiger partial charge in [0.15, 0.2) is 0 Å². The summed E-state index contributed by atoms with van der Waals surface area (Å²) in [7, 11) is 0. The first kappa shape index (κ1) is 20.1. The van der Waals surface area contributed by atoms with Gasteiger partial charge in [0.1, 0.15) is 10.8 Å². The van der Waals surface area contributed by atoms with Gasteiger partial charge in [-0.05, 0) is 61.6 Å². The van der Waals surface area contributed by atoms with Crippen molar-refractivity contribution in [1.29, 1.82) is 0 Å². The van der Waals surface area contributed by atoms with Crippen molar-refractivity contribution >= 4 is 34.1 Å². The molecule has 2 bridgehead atoms. The molecule has 162 valence electrons. The van der Waals surface area contributed by atoms with E-state index in [1.165, 1.54) is 11.3 Å². The van der Waals surface area contributed by atoms with E-state index in [0.29, 0.717) is 22.7 Å². The molecule has 7 nitrogen and oxygen atoms in total. The highest BCUT2D eigenvalue weighted by Crippen LogP contribution is 2.49. The zero-order valence-electron chi connectivity index (χ0n) is 16.9. The first-order valence-corrected chi connectivity index (χ1v) is 11.5. The van der Waals surface area contributed by atoms with Crippen LogP contribution in [0.3, 0.4) is 0 Å². The fourth-order valence-corrected chi connectivity index (χ4v) is 6.56. The molecule has 2 amide bonds. The van der Waals surface area contributed by atoms with Crippen LogP contribution in [0, 0.1) is 23.7 Å². The summed E-state index contributed by atoms with van der Waals surface area (Å²) in [6, 6.07) is 3.56. The number of fused-ring (bicyclic) bond motifs is 3. The van der Waals surface area contributed by atoms with Crippen LogP contribution < -0.4 is 10.6 Å². The Hall–Kier alpha value is -2.87. The van der Waals surface area contributed by atoms with Gasteiger partial charge < -0.3 is 20.2 Å². The lowest BCUT2D eigenvalue weighted by atomic mass is 9.82. The maximum atomic E-state index is 13.2. The van der Waals surface area contributed by atoms with Gasteiger partial charge in [-0.2, -0.15) is 0 Å². The summed E-state index contributed by atoms with van der Waals surface area (Å²) in [6.07, 6.45) is 9.91. The molecule has 1 fully saturated rings. The van der Waals surface area contributed by atoms with Crippen LogP contribution in [0.1, 0.15) is 45.8 Å². The Kier molecular flexibility index (Phi) is 5.17. The largest absolute Gasteiger partial charge is 0.481 e. The molecule has 0 aromatic carbocycles. The zero-order valence-corrected chi connectivity index (χ0v) is 17.7. The molecule has 2 aromatic heterocycles. The summed E-state index contributed by atoms with van der Waals surface area (Å²) in [5.41, 5.74) is 1.52. The Morgan fingerprint density at radius 1 is 1.13 bits per heavy atom. The van der Waals surface area contributed by atoms with Crippen LogP contribution in [0.5, 0.6) is 0 Å². The number of anilines is 1. The molecule has 0 spiro atoms. The van der Waals surface area contributed by atoms with Crippen molar-refractivity contribution in [2.45, 2.75) is 38.6 Å². The Morgan fingerprint density at radius 3 is 2.65 bits per heavy atom. The zero-order chi connectivity index (χ0) is 21.5. The number of carbonyl (C=O) groups excluding carboxylic acids is 2. The Morgan fingerprint density at radius 2 is 1.90 bits per heavy atom. The van der Waals surface area contributed by atoms with Crippen LogP contribution >= 0.6 is 11.3 Å². The molecule has 3 aliphatic rings. The molecule has 8 heteroatoms. The molecule has 0 radical (unpaired) electrons. The molecule has 0 unspecified atom stereocenters. The minimum absolute atomic E-state index is 0.0584. The van der Waals surface area contributed by atoms with Crippen molar-refractivity contribution in [2.75, 3.05) is 5.32 Å². The van der Waals surface area contributed by atoms with Crippen LogP contribution in [0.15, 0.2) is 35.0 Å². The van der Waals surface area contributed by atoms with Crippen molar-refractivity contribution in [1.82, 2.24) is 5.32 Å². The summed E-state index contributed by atoms with van der Waals surface area (Å²) in [5.74, 6) is -2.29. The quantitative estimate of drug-likeness (QED) is 0.595. The minimum atomic E-state index is -0.932. The SMILES string of the molecule is O=C(NCc1ccco1)c1c(NC(=O)[C@H]2[C@@H](C(=O)O)[C@H]3C=C[C@H]2C3)sc2c1CCCC2. The Bertz CT molecular complexity index is 1050. The van der Waals surface area contributed by atoms with Crippen LogP contribution in [0.25, 0.3) is 0 Å². The number of aliphatic carboxylic acids is 1. The van der Waals surface area contributed by atoms with Gasteiger partial charge in [0.25, 0.3) is 5.91 Å². The predicted molar refractivity (Wildman–Crippen MR) is 115 cm³/mol. The van der Waals surface area contributed by atoms with Gasteiger partial charge in [-0.3, -0.25) is 14.4 Å². The molecule has 2 aromatic rings. The van der Waals surface area contributed by atoms with E-state index < -0.39 is 17.8 Å². The van der Waals surface area contributed by atoms with E-state index in [1.54, 1.807) is 18.4 Å². The van der Waals surface area contributed by atoms with E-state index in [4.69, 9.17) is 4.42 Å². The highest BCUT2D eigenvalue weighted by atomic mass is 32.1. The number of carbonyl (C=O) groups is 3. The fourth-order valence-electron chi connectivity index (χ4n) is 5.27. The van der Waals surface area contributed by atoms with Crippen LogP contribution in [-0.4, -0.2) is 22.9 Å². The van der Waals surface area contributed by atoms with E-state index in [-0.39, 0.29) is 30.2 Å². The van der Waals surface area contributed by atoms with Crippen molar-refractivity contribution in [2.24, 2.45) is 23.7 Å². The smallest absolute Gasteiger partial charge is 0.307 e. The predicted octanol–water partition coefficient (Wildman–Crippen LogP) is 3.61. The number of allylic oxidation sites excluding steroid dienone is 2. The molecule has 0 saturated heterocycles. The molecule has 1 saturated carbocycles. The van der Waals surface area contributed by atoms with E-state index in [2.05, 4.69) is 10.6 Å². The van der Waals surface area contributed by atoms with Gasteiger partial charge >= 0.3 is 5.97 Å². The number of nitrogens with one attached hydrogen (secondary N) is 2. The first-order valence-electron chi connectivity index (χ1n) is 10.7. The number of thiophene rings is 1. The van der Waals surface area contributed by atoms with Crippen molar-refractivity contribution in [3.8, 4) is 0 Å². The average Bonchev–Trinajstić information content (AvgIpc) is 3.54.